The summed E-state index contributed by atoms with van der Waals surface area (Å²) in [5.41, 5.74) is 1.31. The number of fused-ring (bicyclic) bond motifs is 2. The third-order valence-corrected chi connectivity index (χ3v) is 6.42. The van der Waals surface area contributed by atoms with E-state index < -0.39 is 0 Å². The van der Waals surface area contributed by atoms with Crippen molar-refractivity contribution < 1.29 is 4.74 Å². The molecule has 3 aliphatic rings. The molecule has 1 saturated carbocycles. The highest BCUT2D eigenvalue weighted by Gasteiger charge is 2.33. The summed E-state index contributed by atoms with van der Waals surface area (Å²) in [5.74, 6) is 1.31. The van der Waals surface area contributed by atoms with Gasteiger partial charge in [-0.1, -0.05) is 32.0 Å². The van der Waals surface area contributed by atoms with Crippen LogP contribution in [0, 0.1) is 5.92 Å². The number of aromatic nitrogens is 3. The lowest BCUT2D eigenvalue weighted by Gasteiger charge is -2.34. The molecule has 8 heteroatoms. The molecule has 1 aromatic rings. The highest BCUT2D eigenvalue weighted by molar-refractivity contribution is 7.99. The monoisotopic (exact) mass is 392 g/mol. The van der Waals surface area contributed by atoms with E-state index in [1.165, 1.54) is 31.4 Å². The van der Waals surface area contributed by atoms with E-state index in [2.05, 4.69) is 34.1 Å². The van der Waals surface area contributed by atoms with Gasteiger partial charge in [-0.05, 0) is 32.4 Å². The smallest absolute Gasteiger partial charge is 0.248 e. The molecule has 0 bridgehead atoms. The molecule has 2 atom stereocenters. The van der Waals surface area contributed by atoms with Crippen molar-refractivity contribution in [3.63, 3.8) is 0 Å². The van der Waals surface area contributed by atoms with E-state index in [4.69, 9.17) is 9.73 Å². The van der Waals surface area contributed by atoms with E-state index in [0.29, 0.717) is 17.2 Å². The fourth-order valence-electron chi connectivity index (χ4n) is 4.22. The molecule has 0 amide bonds. The Hall–Kier alpha value is -0.960. The zero-order valence-electron chi connectivity index (χ0n) is 16.6. The van der Waals surface area contributed by atoms with Gasteiger partial charge in [-0.3, -0.25) is 4.90 Å². The Morgan fingerprint density at radius 1 is 1.26 bits per heavy atom. The van der Waals surface area contributed by atoms with Crippen LogP contribution in [-0.4, -0.2) is 76.1 Å². The van der Waals surface area contributed by atoms with Crippen LogP contribution in [0.2, 0.25) is 0 Å². The molecule has 3 heterocycles. The van der Waals surface area contributed by atoms with Crippen LogP contribution in [0.25, 0.3) is 0 Å². The Labute approximate surface area is 166 Å². The second-order valence-electron chi connectivity index (χ2n) is 8.02. The molecule has 150 valence electrons. The Kier molecular flexibility index (Phi) is 6.47. The quantitative estimate of drug-likeness (QED) is 0.567. The molecular formula is C19H32N6OS. The molecule has 2 aliphatic heterocycles. The zero-order chi connectivity index (χ0) is 18.6. The van der Waals surface area contributed by atoms with Gasteiger partial charge < -0.3 is 10.1 Å². The van der Waals surface area contributed by atoms with E-state index in [0.717, 1.165) is 57.0 Å². The summed E-state index contributed by atoms with van der Waals surface area (Å²) < 4.78 is 7.44. The first-order chi connectivity index (χ1) is 13.2. The molecule has 27 heavy (non-hydrogen) atoms. The number of rotatable bonds is 7. The summed E-state index contributed by atoms with van der Waals surface area (Å²) in [4.78, 5) is 12.1. The summed E-state index contributed by atoms with van der Waals surface area (Å²) in [6, 6.07) is 0.403. The van der Waals surface area contributed by atoms with Crippen molar-refractivity contribution in [3.8, 4) is 0 Å². The molecule has 0 spiro atoms. The Balaban J connectivity index is 1.34. The van der Waals surface area contributed by atoms with Crippen LogP contribution in [0.3, 0.4) is 0 Å². The van der Waals surface area contributed by atoms with Crippen molar-refractivity contribution in [1.82, 2.24) is 25.0 Å². The van der Waals surface area contributed by atoms with Gasteiger partial charge >= 0.3 is 0 Å². The van der Waals surface area contributed by atoms with Crippen LogP contribution in [0.15, 0.2) is 10.1 Å². The molecular weight excluding hydrogens is 360 g/mol. The van der Waals surface area contributed by atoms with Crippen molar-refractivity contribution in [2.24, 2.45) is 10.9 Å². The lowest BCUT2D eigenvalue weighted by atomic mass is 9.83. The number of morpholine rings is 1. The molecule has 1 aliphatic carbocycles. The van der Waals surface area contributed by atoms with E-state index >= 15 is 0 Å². The summed E-state index contributed by atoms with van der Waals surface area (Å²) in [5, 5.41) is 9.79. The third-order valence-electron chi connectivity index (χ3n) is 5.56. The van der Waals surface area contributed by atoms with Crippen LogP contribution < -0.4 is 5.32 Å². The highest BCUT2D eigenvalue weighted by atomic mass is 32.2. The van der Waals surface area contributed by atoms with Crippen molar-refractivity contribution in [2.75, 3.05) is 39.4 Å². The molecule has 2 fully saturated rings. The molecule has 0 radical (unpaired) electrons. The van der Waals surface area contributed by atoms with Crippen LogP contribution in [0.5, 0.6) is 0 Å². The summed E-state index contributed by atoms with van der Waals surface area (Å²) >= 11 is 1.71. The van der Waals surface area contributed by atoms with Crippen LogP contribution >= 0.6 is 11.8 Å². The van der Waals surface area contributed by atoms with E-state index in [1.807, 2.05) is 4.68 Å². The maximum atomic E-state index is 5.42. The molecule has 4 rings (SSSR count). The van der Waals surface area contributed by atoms with Gasteiger partial charge in [0.05, 0.1) is 19.8 Å². The molecule has 7 nitrogen and oxygen atoms in total. The van der Waals surface area contributed by atoms with Gasteiger partial charge in [0.25, 0.3) is 0 Å². The second-order valence-corrected chi connectivity index (χ2v) is 9.57. The highest BCUT2D eigenvalue weighted by Crippen LogP contribution is 2.32. The first kappa shape index (κ1) is 19.4. The number of hydrogen-bond donors (Lipinski definition) is 1. The Morgan fingerprint density at radius 3 is 2.93 bits per heavy atom. The van der Waals surface area contributed by atoms with Gasteiger partial charge in [-0.2, -0.15) is 4.98 Å². The van der Waals surface area contributed by atoms with E-state index in [-0.39, 0.29) is 0 Å². The van der Waals surface area contributed by atoms with Gasteiger partial charge in [0.1, 0.15) is 0 Å². The van der Waals surface area contributed by atoms with Gasteiger partial charge in [0, 0.05) is 36.0 Å². The molecule has 1 aromatic heterocycles. The molecule has 1 N–H and O–H groups in total. The molecule has 2 unspecified atom stereocenters. The van der Waals surface area contributed by atoms with E-state index in [9.17, 15) is 0 Å². The minimum Gasteiger partial charge on any atom is -0.379 e. The Morgan fingerprint density at radius 2 is 2.11 bits per heavy atom. The lowest BCUT2D eigenvalue weighted by Crippen LogP contribution is -2.46. The average Bonchev–Trinajstić information content (AvgIpc) is 3.04. The number of thioether (sulfide) groups is 1. The number of nitrogens with one attached hydrogen (secondary N) is 1. The normalized spacial score (nSPS) is 26.0. The number of ether oxygens (including phenoxy) is 1. The van der Waals surface area contributed by atoms with Crippen LogP contribution in [0.1, 0.15) is 39.5 Å². The SMILES string of the molecule is CC(C)Sc1nc2n(n1)CC1CCCC(NCCCN3CCOCC3)C1=N2. The molecule has 1 saturated heterocycles. The van der Waals surface area contributed by atoms with Crippen molar-refractivity contribution in [3.05, 3.63) is 0 Å². The largest absolute Gasteiger partial charge is 0.379 e. The fourth-order valence-corrected chi connectivity index (χ4v) is 4.92. The minimum absolute atomic E-state index is 0.403. The van der Waals surface area contributed by atoms with Crippen LogP contribution in [-0.2, 0) is 11.3 Å². The van der Waals surface area contributed by atoms with Gasteiger partial charge in [-0.15, -0.1) is 5.10 Å². The Bertz CT molecular complexity index is 655. The predicted molar refractivity (Wildman–Crippen MR) is 109 cm³/mol. The maximum absolute atomic E-state index is 5.42. The maximum Gasteiger partial charge on any atom is 0.248 e. The van der Waals surface area contributed by atoms with Crippen molar-refractivity contribution in [1.29, 1.82) is 0 Å². The third kappa shape index (κ3) is 4.91. The second kappa shape index (κ2) is 9.03. The number of nitrogens with zero attached hydrogens (tertiary/aromatic N) is 5. The predicted octanol–water partition coefficient (Wildman–Crippen LogP) is 2.35. The van der Waals surface area contributed by atoms with Crippen molar-refractivity contribution >= 4 is 23.4 Å². The van der Waals surface area contributed by atoms with Gasteiger partial charge in [0.15, 0.2) is 0 Å². The lowest BCUT2D eigenvalue weighted by molar-refractivity contribution is 0.0374. The topological polar surface area (TPSA) is 67.6 Å². The van der Waals surface area contributed by atoms with Crippen molar-refractivity contribution in [2.45, 2.75) is 62.5 Å². The number of hydrogen-bond acceptors (Lipinski definition) is 7. The first-order valence-electron chi connectivity index (χ1n) is 10.4. The average molecular weight is 393 g/mol. The summed E-state index contributed by atoms with van der Waals surface area (Å²) in [6.45, 7) is 11.4. The first-order valence-corrected chi connectivity index (χ1v) is 11.3. The van der Waals surface area contributed by atoms with E-state index in [1.54, 1.807) is 11.8 Å². The minimum atomic E-state index is 0.403. The fraction of sp³-hybridized carbons (Fsp3) is 0.842. The summed E-state index contributed by atoms with van der Waals surface area (Å²) in [7, 11) is 0. The zero-order valence-corrected chi connectivity index (χ0v) is 17.4. The van der Waals surface area contributed by atoms with Gasteiger partial charge in [0.2, 0.25) is 11.1 Å². The van der Waals surface area contributed by atoms with Crippen LogP contribution in [0.4, 0.5) is 5.95 Å². The summed E-state index contributed by atoms with van der Waals surface area (Å²) in [6.07, 6.45) is 4.85. The standard InChI is InChI=1S/C19H32N6OS/c1-14(2)27-19-22-18-21-17-15(13-25(18)23-19)5-3-6-16(17)20-7-4-8-24-9-11-26-12-10-24/h14-16,20H,3-13H2,1-2H3. The number of aliphatic imine (C=N–C) groups is 1. The molecule has 0 aromatic carbocycles. The van der Waals surface area contributed by atoms with Gasteiger partial charge in [-0.25, -0.2) is 9.67 Å².